The number of nitrogens with zero attached hydrogens (tertiary/aromatic N) is 2. The Morgan fingerprint density at radius 3 is 2.76 bits per heavy atom. The highest BCUT2D eigenvalue weighted by molar-refractivity contribution is 7.80. The summed E-state index contributed by atoms with van der Waals surface area (Å²) < 4.78 is 0. The van der Waals surface area contributed by atoms with Crippen LogP contribution in [0.2, 0.25) is 0 Å². The molecule has 0 aromatic carbocycles. The lowest BCUT2D eigenvalue weighted by atomic mass is 10.1. The molecule has 1 unspecified atom stereocenters. The van der Waals surface area contributed by atoms with Crippen LogP contribution in [0.1, 0.15) is 35.6 Å². The van der Waals surface area contributed by atoms with E-state index in [1.165, 1.54) is 0 Å². The summed E-state index contributed by atoms with van der Waals surface area (Å²) in [4.78, 5) is 12.3. The topological polar surface area (TPSA) is 80.9 Å². The minimum Gasteiger partial charge on any atom is -0.392 e. The van der Waals surface area contributed by atoms with Crippen LogP contribution < -0.4 is 11.1 Å². The van der Waals surface area contributed by atoms with E-state index in [0.717, 1.165) is 0 Å². The number of hydrogen-bond donors (Lipinski definition) is 2. The molecule has 0 aliphatic heterocycles. The Bertz CT molecular complexity index is 447. The van der Waals surface area contributed by atoms with E-state index in [1.54, 1.807) is 19.9 Å². The number of hydrogen-bond acceptors (Lipinski definition) is 4. The number of thiocarbonyl (C=S) groups is 1. The molecular formula is C11H16N4OS. The van der Waals surface area contributed by atoms with Gasteiger partial charge in [-0.1, -0.05) is 19.1 Å². The van der Waals surface area contributed by atoms with Crippen molar-refractivity contribution in [2.75, 3.05) is 0 Å². The van der Waals surface area contributed by atoms with Crippen molar-refractivity contribution in [2.45, 2.75) is 33.2 Å². The lowest BCUT2D eigenvalue weighted by Crippen LogP contribution is -2.41. The van der Waals surface area contributed by atoms with Gasteiger partial charge < -0.3 is 11.1 Å². The minimum atomic E-state index is -0.337. The molecule has 1 aromatic heterocycles. The first kappa shape index (κ1) is 13.5. The fourth-order valence-electron chi connectivity index (χ4n) is 1.32. The highest BCUT2D eigenvalue weighted by atomic mass is 32.1. The van der Waals surface area contributed by atoms with Crippen LogP contribution in [-0.4, -0.2) is 27.1 Å². The fourth-order valence-corrected chi connectivity index (χ4v) is 1.38. The SMILES string of the molecule is CCc1nnc(C)cc1C(=O)NC(C)C(N)=S. The highest BCUT2D eigenvalue weighted by Gasteiger charge is 2.15. The number of carbonyl (C=O) groups excluding carboxylic acids is 1. The summed E-state index contributed by atoms with van der Waals surface area (Å²) in [5.41, 5.74) is 7.36. The van der Waals surface area contributed by atoms with Crippen LogP contribution in [-0.2, 0) is 6.42 Å². The van der Waals surface area contributed by atoms with Crippen molar-refractivity contribution in [3.8, 4) is 0 Å². The van der Waals surface area contributed by atoms with Gasteiger partial charge in [-0.2, -0.15) is 10.2 Å². The number of carbonyl (C=O) groups is 1. The van der Waals surface area contributed by atoms with Gasteiger partial charge in [0.05, 0.1) is 28.0 Å². The van der Waals surface area contributed by atoms with Crippen molar-refractivity contribution >= 4 is 23.1 Å². The molecule has 0 fully saturated rings. The standard InChI is InChI=1S/C11H16N4OS/c1-4-9-8(5-6(2)14-15-9)11(16)13-7(3)10(12)17/h5,7H,4H2,1-3H3,(H2,12,17)(H,13,16). The molecule has 0 saturated heterocycles. The molecule has 92 valence electrons. The van der Waals surface area contributed by atoms with Gasteiger partial charge in [0, 0.05) is 0 Å². The Morgan fingerprint density at radius 2 is 2.24 bits per heavy atom. The molecule has 0 bridgehead atoms. The zero-order chi connectivity index (χ0) is 13.0. The van der Waals surface area contributed by atoms with Gasteiger partial charge in [0.25, 0.3) is 5.91 Å². The molecule has 0 spiro atoms. The molecule has 0 radical (unpaired) electrons. The average Bonchev–Trinajstić information content (AvgIpc) is 2.28. The third-order valence-electron chi connectivity index (χ3n) is 2.35. The molecular weight excluding hydrogens is 236 g/mol. The Hall–Kier alpha value is -1.56. The van der Waals surface area contributed by atoms with Gasteiger partial charge in [0.2, 0.25) is 0 Å². The number of amides is 1. The van der Waals surface area contributed by atoms with Gasteiger partial charge in [-0.3, -0.25) is 4.79 Å². The van der Waals surface area contributed by atoms with E-state index in [0.29, 0.717) is 23.4 Å². The maximum absolute atomic E-state index is 12.0. The molecule has 1 atom stereocenters. The predicted molar refractivity (Wildman–Crippen MR) is 69.9 cm³/mol. The molecule has 1 amide bonds. The highest BCUT2D eigenvalue weighted by Crippen LogP contribution is 2.07. The molecule has 1 rings (SSSR count). The molecule has 1 heterocycles. The van der Waals surface area contributed by atoms with Crippen molar-refractivity contribution in [2.24, 2.45) is 5.73 Å². The monoisotopic (exact) mass is 252 g/mol. The van der Waals surface area contributed by atoms with Crippen molar-refractivity contribution in [1.82, 2.24) is 15.5 Å². The normalized spacial score (nSPS) is 11.9. The van der Waals surface area contributed by atoms with Gasteiger partial charge in [0.15, 0.2) is 0 Å². The van der Waals surface area contributed by atoms with Gasteiger partial charge in [-0.15, -0.1) is 0 Å². The molecule has 0 aliphatic rings. The van der Waals surface area contributed by atoms with Crippen molar-refractivity contribution in [3.05, 3.63) is 23.0 Å². The number of rotatable bonds is 4. The first-order valence-electron chi connectivity index (χ1n) is 5.39. The third-order valence-corrected chi connectivity index (χ3v) is 2.70. The zero-order valence-electron chi connectivity index (χ0n) is 10.2. The van der Waals surface area contributed by atoms with Crippen LogP contribution in [0, 0.1) is 6.92 Å². The summed E-state index contributed by atoms with van der Waals surface area (Å²) in [6, 6.07) is 1.38. The second-order valence-corrected chi connectivity index (χ2v) is 4.27. The van der Waals surface area contributed by atoms with E-state index >= 15 is 0 Å². The van der Waals surface area contributed by atoms with Crippen LogP contribution in [0.15, 0.2) is 6.07 Å². The molecule has 3 N–H and O–H groups in total. The van der Waals surface area contributed by atoms with E-state index in [4.69, 9.17) is 18.0 Å². The van der Waals surface area contributed by atoms with E-state index in [2.05, 4.69) is 15.5 Å². The molecule has 1 aromatic rings. The summed E-state index contributed by atoms with van der Waals surface area (Å²) in [6.45, 7) is 5.46. The van der Waals surface area contributed by atoms with E-state index < -0.39 is 0 Å². The first-order valence-corrected chi connectivity index (χ1v) is 5.80. The second-order valence-electron chi connectivity index (χ2n) is 3.80. The van der Waals surface area contributed by atoms with Gasteiger partial charge >= 0.3 is 0 Å². The fraction of sp³-hybridized carbons (Fsp3) is 0.455. The van der Waals surface area contributed by atoms with Crippen LogP contribution in [0.3, 0.4) is 0 Å². The van der Waals surface area contributed by atoms with Crippen LogP contribution in [0.4, 0.5) is 0 Å². The van der Waals surface area contributed by atoms with E-state index in [9.17, 15) is 4.79 Å². The largest absolute Gasteiger partial charge is 0.392 e. The maximum Gasteiger partial charge on any atom is 0.253 e. The van der Waals surface area contributed by atoms with Gasteiger partial charge in [0.1, 0.15) is 0 Å². The maximum atomic E-state index is 12.0. The molecule has 17 heavy (non-hydrogen) atoms. The van der Waals surface area contributed by atoms with E-state index in [1.807, 2.05) is 6.92 Å². The summed E-state index contributed by atoms with van der Waals surface area (Å²) in [6.07, 6.45) is 0.650. The number of nitrogens with two attached hydrogens (primary N) is 1. The summed E-state index contributed by atoms with van der Waals surface area (Å²) >= 11 is 4.81. The first-order chi connectivity index (χ1) is 7.95. The van der Waals surface area contributed by atoms with Gasteiger partial charge in [-0.05, 0) is 26.3 Å². The lowest BCUT2D eigenvalue weighted by molar-refractivity contribution is 0.0947. The van der Waals surface area contributed by atoms with E-state index in [-0.39, 0.29) is 16.9 Å². The van der Waals surface area contributed by atoms with Gasteiger partial charge in [-0.25, -0.2) is 0 Å². The van der Waals surface area contributed by atoms with Crippen LogP contribution >= 0.6 is 12.2 Å². The Morgan fingerprint density at radius 1 is 1.59 bits per heavy atom. The quantitative estimate of drug-likeness (QED) is 0.773. The Kier molecular flexibility index (Phi) is 4.51. The van der Waals surface area contributed by atoms with Crippen LogP contribution in [0.25, 0.3) is 0 Å². The van der Waals surface area contributed by atoms with Crippen molar-refractivity contribution in [1.29, 1.82) is 0 Å². The number of nitrogens with one attached hydrogen (secondary N) is 1. The summed E-state index contributed by atoms with van der Waals surface area (Å²) in [7, 11) is 0. The molecule has 0 aliphatic carbocycles. The predicted octanol–water partition coefficient (Wildman–Crippen LogP) is 0.752. The molecule has 0 saturated carbocycles. The number of aryl methyl sites for hydroxylation is 2. The Balaban J connectivity index is 2.95. The average molecular weight is 252 g/mol. The zero-order valence-corrected chi connectivity index (χ0v) is 11.0. The summed E-state index contributed by atoms with van der Waals surface area (Å²) in [5.74, 6) is -0.222. The third kappa shape index (κ3) is 3.45. The lowest BCUT2D eigenvalue weighted by Gasteiger charge is -2.13. The smallest absolute Gasteiger partial charge is 0.253 e. The molecule has 6 heteroatoms. The minimum absolute atomic E-state index is 0.222. The Labute approximate surface area is 106 Å². The van der Waals surface area contributed by atoms with Crippen molar-refractivity contribution < 1.29 is 4.79 Å². The molecule has 5 nitrogen and oxygen atoms in total. The second kappa shape index (κ2) is 5.67. The van der Waals surface area contributed by atoms with Crippen LogP contribution in [0.5, 0.6) is 0 Å². The number of aromatic nitrogens is 2. The summed E-state index contributed by atoms with van der Waals surface area (Å²) in [5, 5.41) is 10.6. The van der Waals surface area contributed by atoms with Crippen molar-refractivity contribution in [3.63, 3.8) is 0 Å².